The molecule has 0 spiro atoms. The monoisotopic (exact) mass is 566 g/mol. The summed E-state index contributed by atoms with van der Waals surface area (Å²) in [6.07, 6.45) is 4.15. The molecule has 1 aliphatic heterocycles. The van der Waals surface area contributed by atoms with E-state index < -0.39 is 29.6 Å². The molecule has 0 radical (unpaired) electrons. The molecule has 218 valence electrons. The number of halogens is 1. The summed E-state index contributed by atoms with van der Waals surface area (Å²) in [6, 6.07) is 8.00. The number of benzene rings is 1. The van der Waals surface area contributed by atoms with Gasteiger partial charge in [0.05, 0.1) is 12.6 Å². The van der Waals surface area contributed by atoms with Gasteiger partial charge in [0.25, 0.3) is 0 Å². The van der Waals surface area contributed by atoms with E-state index >= 15 is 0 Å². The third-order valence-corrected chi connectivity index (χ3v) is 6.61. The van der Waals surface area contributed by atoms with Crippen LogP contribution in [-0.2, 0) is 25.5 Å². The Morgan fingerprint density at radius 1 is 1.21 bits per heavy atom. The number of hydrogen-bond donors (Lipinski definition) is 4. The minimum Gasteiger partial charge on any atom is -0.450 e. The first kappa shape index (κ1) is 33.7. The summed E-state index contributed by atoms with van der Waals surface area (Å²) < 4.78 is 5.17. The number of likely N-dealkylation sites (tertiary alicyclic amines) is 1. The molecule has 1 aromatic rings. The first-order chi connectivity index (χ1) is 18.3. The van der Waals surface area contributed by atoms with Crippen molar-refractivity contribution in [1.29, 1.82) is 0 Å². The lowest BCUT2D eigenvalue weighted by atomic mass is 9.84. The summed E-state index contributed by atoms with van der Waals surface area (Å²) in [6.45, 7) is 4.60. The molecule has 1 saturated heterocycles. The molecular weight excluding hydrogens is 524 g/mol. The van der Waals surface area contributed by atoms with Crippen LogP contribution in [0.2, 0.25) is 0 Å². The zero-order chi connectivity index (χ0) is 28.0. The van der Waals surface area contributed by atoms with Gasteiger partial charge in [-0.05, 0) is 44.6 Å². The molecule has 0 aromatic heterocycles. The fraction of sp³-hybridized carbons (Fsp3) is 0.593. The van der Waals surface area contributed by atoms with Gasteiger partial charge in [-0.25, -0.2) is 4.79 Å². The third kappa shape index (κ3) is 10.4. The average molecular weight is 567 g/mol. The number of nitrogens with two attached hydrogens (primary N) is 2. The quantitative estimate of drug-likeness (QED) is 0.109. The second-order valence-electron chi connectivity index (χ2n) is 9.55. The SMILES string of the molecule is CCCC[C@@](Cc1ccccc1)(NC(=O)OCC)C(=O)N1CCC[C@H]1C(=O)N[C@H](C=O)CCCN=C(N)N.Cl. The first-order valence-electron chi connectivity index (χ1n) is 13.4. The third-order valence-electron chi connectivity index (χ3n) is 6.61. The maximum Gasteiger partial charge on any atom is 0.407 e. The highest BCUT2D eigenvalue weighted by Gasteiger charge is 2.47. The number of alkyl carbamates (subject to hydrolysis) is 1. The number of ether oxygens (including phenoxy) is 1. The van der Waals surface area contributed by atoms with Crippen LogP contribution >= 0.6 is 12.4 Å². The van der Waals surface area contributed by atoms with Gasteiger partial charge in [0.15, 0.2) is 5.96 Å². The Bertz CT molecular complexity index is 959. The van der Waals surface area contributed by atoms with Gasteiger partial charge < -0.3 is 36.5 Å². The van der Waals surface area contributed by atoms with Gasteiger partial charge in [-0.1, -0.05) is 50.1 Å². The molecule has 11 nitrogen and oxygen atoms in total. The van der Waals surface area contributed by atoms with Gasteiger partial charge in [0.1, 0.15) is 17.9 Å². The van der Waals surface area contributed by atoms with Crippen LogP contribution in [0.5, 0.6) is 0 Å². The van der Waals surface area contributed by atoms with Crippen molar-refractivity contribution in [2.45, 2.75) is 82.8 Å². The van der Waals surface area contributed by atoms with E-state index in [1.807, 2.05) is 37.3 Å². The molecule has 0 aliphatic carbocycles. The number of nitrogens with zero attached hydrogens (tertiary/aromatic N) is 2. The van der Waals surface area contributed by atoms with Crippen LogP contribution < -0.4 is 22.1 Å². The Balaban J connectivity index is 0.00000760. The lowest BCUT2D eigenvalue weighted by Gasteiger charge is -2.38. The Labute approximate surface area is 236 Å². The lowest BCUT2D eigenvalue weighted by molar-refractivity contribution is -0.144. The molecule has 1 heterocycles. The maximum atomic E-state index is 14.2. The molecule has 3 atom stereocenters. The Morgan fingerprint density at radius 2 is 1.92 bits per heavy atom. The Kier molecular flexibility index (Phi) is 14.9. The van der Waals surface area contributed by atoms with Crippen LogP contribution in [0.3, 0.4) is 0 Å². The van der Waals surface area contributed by atoms with Gasteiger partial charge in [0, 0.05) is 19.5 Å². The number of hydrogen-bond acceptors (Lipinski definition) is 6. The van der Waals surface area contributed by atoms with Gasteiger partial charge in [0.2, 0.25) is 11.8 Å². The van der Waals surface area contributed by atoms with Crippen molar-refractivity contribution < 1.29 is 23.9 Å². The van der Waals surface area contributed by atoms with E-state index in [1.165, 1.54) is 0 Å². The number of aldehydes is 1. The zero-order valence-corrected chi connectivity index (χ0v) is 23.7. The van der Waals surface area contributed by atoms with Gasteiger partial charge in [-0.2, -0.15) is 0 Å². The molecule has 6 N–H and O–H groups in total. The number of carbonyl (C=O) groups is 4. The van der Waals surface area contributed by atoms with Crippen molar-refractivity contribution in [2.24, 2.45) is 16.5 Å². The standard InChI is InChI=1S/C27H42N6O5.ClH/c1-3-5-15-27(32-26(37)38-4-2,18-20-11-7-6-8-12-20)24(36)33-17-10-14-22(33)23(35)31-21(19-34)13-9-16-30-25(28)29;/h6-8,11-12,19,21-22H,3-5,9-10,13-18H2,1-2H3,(H,31,35)(H,32,37)(H4,28,29,30);1H/t21-,22-,27-;/m0./s1. The molecule has 0 unspecified atom stereocenters. The molecule has 1 aliphatic rings. The van der Waals surface area contributed by atoms with Crippen molar-refractivity contribution in [3.05, 3.63) is 35.9 Å². The fourth-order valence-electron chi connectivity index (χ4n) is 4.75. The molecule has 1 fully saturated rings. The van der Waals surface area contributed by atoms with Crippen LogP contribution in [0, 0.1) is 0 Å². The Morgan fingerprint density at radius 3 is 2.54 bits per heavy atom. The van der Waals surface area contributed by atoms with Gasteiger partial charge in [-0.15, -0.1) is 12.4 Å². The minimum atomic E-state index is -1.28. The molecule has 0 saturated carbocycles. The number of nitrogens with one attached hydrogen (secondary N) is 2. The smallest absolute Gasteiger partial charge is 0.407 e. The van der Waals surface area contributed by atoms with Crippen LogP contribution in [0.25, 0.3) is 0 Å². The molecule has 12 heteroatoms. The van der Waals surface area contributed by atoms with E-state index in [0.717, 1.165) is 12.0 Å². The molecule has 3 amide bonds. The van der Waals surface area contributed by atoms with Gasteiger partial charge >= 0.3 is 6.09 Å². The minimum absolute atomic E-state index is 0. The van der Waals surface area contributed by atoms with E-state index in [9.17, 15) is 19.2 Å². The molecule has 39 heavy (non-hydrogen) atoms. The van der Waals surface area contributed by atoms with Crippen LogP contribution in [0.1, 0.15) is 64.4 Å². The number of amides is 3. The summed E-state index contributed by atoms with van der Waals surface area (Å²) in [5.41, 5.74) is 10.3. The maximum absolute atomic E-state index is 14.2. The number of rotatable bonds is 15. The zero-order valence-electron chi connectivity index (χ0n) is 22.9. The number of carbonyl (C=O) groups excluding carboxylic acids is 4. The van der Waals surface area contributed by atoms with Crippen molar-refractivity contribution >= 4 is 42.6 Å². The highest BCUT2D eigenvalue weighted by atomic mass is 35.5. The molecule has 0 bridgehead atoms. The summed E-state index contributed by atoms with van der Waals surface area (Å²) in [7, 11) is 0. The average Bonchev–Trinajstić information content (AvgIpc) is 3.39. The van der Waals surface area contributed by atoms with Crippen molar-refractivity contribution in [1.82, 2.24) is 15.5 Å². The predicted molar refractivity (Wildman–Crippen MR) is 152 cm³/mol. The van der Waals surface area contributed by atoms with E-state index in [2.05, 4.69) is 15.6 Å². The summed E-state index contributed by atoms with van der Waals surface area (Å²) in [5.74, 6) is -0.749. The fourth-order valence-corrected chi connectivity index (χ4v) is 4.75. The van der Waals surface area contributed by atoms with Crippen molar-refractivity contribution in [2.75, 3.05) is 19.7 Å². The number of aliphatic imine (C=N–C) groups is 1. The molecule has 2 rings (SSSR count). The van der Waals surface area contributed by atoms with Gasteiger partial charge in [-0.3, -0.25) is 14.6 Å². The topological polar surface area (TPSA) is 169 Å². The second-order valence-corrected chi connectivity index (χ2v) is 9.55. The summed E-state index contributed by atoms with van der Waals surface area (Å²) in [4.78, 5) is 57.2. The van der Waals surface area contributed by atoms with Crippen LogP contribution in [0.15, 0.2) is 35.3 Å². The normalized spacial score (nSPS) is 16.7. The van der Waals surface area contributed by atoms with E-state index in [1.54, 1.807) is 11.8 Å². The number of guanidine groups is 1. The number of unbranched alkanes of at least 4 members (excludes halogenated alkanes) is 1. The van der Waals surface area contributed by atoms with E-state index in [-0.39, 0.29) is 37.3 Å². The highest BCUT2D eigenvalue weighted by molar-refractivity contribution is 5.95. The predicted octanol–water partition coefficient (Wildman–Crippen LogP) is 2.05. The molecular formula is C27H43ClN6O5. The summed E-state index contributed by atoms with van der Waals surface area (Å²) >= 11 is 0. The van der Waals surface area contributed by atoms with E-state index in [0.29, 0.717) is 57.9 Å². The molecule has 1 aromatic carbocycles. The van der Waals surface area contributed by atoms with Crippen LogP contribution in [0.4, 0.5) is 4.79 Å². The Hall–Kier alpha value is -3.34. The van der Waals surface area contributed by atoms with Crippen molar-refractivity contribution in [3.8, 4) is 0 Å². The van der Waals surface area contributed by atoms with Crippen molar-refractivity contribution in [3.63, 3.8) is 0 Å². The van der Waals surface area contributed by atoms with Crippen LogP contribution in [-0.4, -0.2) is 72.4 Å². The summed E-state index contributed by atoms with van der Waals surface area (Å²) in [5, 5.41) is 5.64. The lowest BCUT2D eigenvalue weighted by Crippen LogP contribution is -2.63. The first-order valence-corrected chi connectivity index (χ1v) is 13.4. The van der Waals surface area contributed by atoms with E-state index in [4.69, 9.17) is 16.2 Å². The second kappa shape index (κ2) is 17.3. The highest BCUT2D eigenvalue weighted by Crippen LogP contribution is 2.28. The largest absolute Gasteiger partial charge is 0.450 e.